The molecule has 2 aliphatic rings. The topological polar surface area (TPSA) is 26.0 Å². The highest BCUT2D eigenvalue weighted by Gasteiger charge is 2.24. The molecule has 0 bridgehead atoms. The minimum atomic E-state index is 0.481. The third-order valence-electron chi connectivity index (χ3n) is 3.43. The number of nitrogens with two attached hydrogens (primary N) is 1. The van der Waals surface area contributed by atoms with E-state index in [0.29, 0.717) is 6.04 Å². The van der Waals surface area contributed by atoms with Gasteiger partial charge in [-0.2, -0.15) is 11.8 Å². The highest BCUT2D eigenvalue weighted by molar-refractivity contribution is 7.99. The third-order valence-corrected chi connectivity index (χ3v) is 4.99. The van der Waals surface area contributed by atoms with Crippen LogP contribution in [0.2, 0.25) is 0 Å². The zero-order valence-corrected chi connectivity index (χ0v) is 9.90. The van der Waals surface area contributed by atoms with Crippen molar-refractivity contribution in [1.82, 2.24) is 0 Å². The van der Waals surface area contributed by atoms with Gasteiger partial charge >= 0.3 is 0 Å². The van der Waals surface area contributed by atoms with Crippen molar-refractivity contribution < 1.29 is 0 Å². The Labute approximate surface area is 92.2 Å². The molecule has 0 radical (unpaired) electrons. The molecule has 1 atom stereocenters. The molecule has 14 heavy (non-hydrogen) atoms. The van der Waals surface area contributed by atoms with Gasteiger partial charge in [-0.25, -0.2) is 0 Å². The van der Waals surface area contributed by atoms with Gasteiger partial charge in [0.15, 0.2) is 0 Å². The first-order valence-corrected chi connectivity index (χ1v) is 7.26. The molecule has 0 saturated heterocycles. The van der Waals surface area contributed by atoms with E-state index >= 15 is 0 Å². The van der Waals surface area contributed by atoms with E-state index in [2.05, 4.69) is 11.8 Å². The first-order chi connectivity index (χ1) is 6.84. The van der Waals surface area contributed by atoms with Crippen LogP contribution in [-0.4, -0.2) is 17.0 Å². The van der Waals surface area contributed by atoms with Crippen LogP contribution in [0.25, 0.3) is 0 Å². The average molecular weight is 213 g/mol. The maximum absolute atomic E-state index is 6.11. The van der Waals surface area contributed by atoms with Gasteiger partial charge in [0.25, 0.3) is 0 Å². The van der Waals surface area contributed by atoms with Crippen LogP contribution in [-0.2, 0) is 0 Å². The highest BCUT2D eigenvalue weighted by Crippen LogP contribution is 2.34. The lowest BCUT2D eigenvalue weighted by atomic mass is 10.0. The van der Waals surface area contributed by atoms with Crippen molar-refractivity contribution in [3.8, 4) is 0 Å². The maximum Gasteiger partial charge on any atom is 0.0133 e. The lowest BCUT2D eigenvalue weighted by molar-refractivity contribution is 0.514. The predicted molar refractivity (Wildman–Crippen MR) is 64.6 cm³/mol. The van der Waals surface area contributed by atoms with E-state index in [4.69, 9.17) is 5.73 Å². The zero-order chi connectivity index (χ0) is 9.80. The summed E-state index contributed by atoms with van der Waals surface area (Å²) < 4.78 is 0. The summed E-state index contributed by atoms with van der Waals surface area (Å²) in [5.41, 5.74) is 6.11. The van der Waals surface area contributed by atoms with Crippen LogP contribution in [0.4, 0.5) is 0 Å². The van der Waals surface area contributed by atoms with Crippen LogP contribution in [0.3, 0.4) is 0 Å². The number of rotatable bonds is 5. The summed E-state index contributed by atoms with van der Waals surface area (Å²) >= 11 is 2.15. The molecule has 82 valence electrons. The van der Waals surface area contributed by atoms with Gasteiger partial charge in [0.1, 0.15) is 0 Å². The van der Waals surface area contributed by atoms with Crippen LogP contribution in [0, 0.1) is 5.92 Å². The fraction of sp³-hybridized carbons (Fsp3) is 1.00. The van der Waals surface area contributed by atoms with Crippen LogP contribution >= 0.6 is 11.8 Å². The largest absolute Gasteiger partial charge is 0.327 e. The van der Waals surface area contributed by atoms with Gasteiger partial charge in [-0.15, -0.1) is 0 Å². The first-order valence-electron chi connectivity index (χ1n) is 6.22. The van der Waals surface area contributed by atoms with Crippen molar-refractivity contribution in [2.24, 2.45) is 11.7 Å². The highest BCUT2D eigenvalue weighted by atomic mass is 32.2. The predicted octanol–water partition coefficient (Wildman–Crippen LogP) is 3.18. The van der Waals surface area contributed by atoms with Gasteiger partial charge in [0.2, 0.25) is 0 Å². The fourth-order valence-corrected chi connectivity index (χ4v) is 3.66. The normalized spacial score (nSPS) is 26.4. The molecule has 2 saturated carbocycles. The molecule has 0 amide bonds. The molecule has 0 spiro atoms. The van der Waals surface area contributed by atoms with Gasteiger partial charge in [0, 0.05) is 17.0 Å². The van der Waals surface area contributed by atoms with Crippen molar-refractivity contribution in [1.29, 1.82) is 0 Å². The molecule has 2 heteroatoms. The molecule has 2 rings (SSSR count). The Morgan fingerprint density at radius 2 is 1.79 bits per heavy atom. The summed E-state index contributed by atoms with van der Waals surface area (Å²) in [4.78, 5) is 0. The van der Waals surface area contributed by atoms with E-state index in [1.54, 1.807) is 0 Å². The van der Waals surface area contributed by atoms with Gasteiger partial charge in [-0.1, -0.05) is 32.1 Å². The Hall–Kier alpha value is 0.310. The molecular weight excluding hydrogens is 190 g/mol. The molecule has 2 N–H and O–H groups in total. The summed E-state index contributed by atoms with van der Waals surface area (Å²) in [5, 5.41) is 0.939. The van der Waals surface area contributed by atoms with Gasteiger partial charge in [-0.3, -0.25) is 0 Å². The smallest absolute Gasteiger partial charge is 0.0133 e. The van der Waals surface area contributed by atoms with Crippen LogP contribution in [0.5, 0.6) is 0 Å². The Morgan fingerprint density at radius 1 is 1.07 bits per heavy atom. The lowest BCUT2D eigenvalue weighted by Gasteiger charge is -2.22. The SMILES string of the molecule is NC(CSC1CCCCC1)CC1CC1. The van der Waals surface area contributed by atoms with Gasteiger partial charge < -0.3 is 5.73 Å². The molecule has 0 aromatic carbocycles. The van der Waals surface area contributed by atoms with E-state index in [1.807, 2.05) is 0 Å². The third kappa shape index (κ3) is 3.82. The van der Waals surface area contributed by atoms with E-state index in [9.17, 15) is 0 Å². The van der Waals surface area contributed by atoms with Gasteiger partial charge in [-0.05, 0) is 25.2 Å². The maximum atomic E-state index is 6.11. The van der Waals surface area contributed by atoms with Crippen molar-refractivity contribution in [3.05, 3.63) is 0 Å². The molecule has 1 nitrogen and oxygen atoms in total. The van der Waals surface area contributed by atoms with Crippen molar-refractivity contribution in [2.45, 2.75) is 62.7 Å². The van der Waals surface area contributed by atoms with Crippen molar-refractivity contribution in [2.75, 3.05) is 5.75 Å². The Balaban J connectivity index is 1.55. The summed E-state index contributed by atoms with van der Waals surface area (Å²) in [6.07, 6.45) is 11.4. The van der Waals surface area contributed by atoms with Crippen LogP contribution in [0.15, 0.2) is 0 Å². The standard InChI is InChI=1S/C12H23NS/c13-11(8-10-6-7-10)9-14-12-4-2-1-3-5-12/h10-12H,1-9,13H2. The lowest BCUT2D eigenvalue weighted by Crippen LogP contribution is -2.25. The summed E-state index contributed by atoms with van der Waals surface area (Å²) in [6, 6.07) is 0.481. The van der Waals surface area contributed by atoms with Crippen LogP contribution < -0.4 is 5.73 Å². The second-order valence-corrected chi connectivity index (χ2v) is 6.37. The second-order valence-electron chi connectivity index (χ2n) is 5.03. The fourth-order valence-electron chi connectivity index (χ4n) is 2.34. The quantitative estimate of drug-likeness (QED) is 0.759. The van der Waals surface area contributed by atoms with E-state index in [1.165, 1.54) is 57.1 Å². The molecule has 2 fully saturated rings. The summed E-state index contributed by atoms with van der Waals surface area (Å²) in [7, 11) is 0. The van der Waals surface area contributed by atoms with E-state index < -0.39 is 0 Å². The van der Waals surface area contributed by atoms with Crippen molar-refractivity contribution in [3.63, 3.8) is 0 Å². The monoisotopic (exact) mass is 213 g/mol. The minimum Gasteiger partial charge on any atom is -0.327 e. The molecule has 0 aliphatic heterocycles. The molecule has 1 unspecified atom stereocenters. The first kappa shape index (κ1) is 10.8. The second kappa shape index (κ2) is 5.41. The summed E-state index contributed by atoms with van der Waals surface area (Å²) in [5.74, 6) is 2.21. The number of hydrogen-bond acceptors (Lipinski definition) is 2. The molecule has 0 heterocycles. The van der Waals surface area contributed by atoms with E-state index in [-0.39, 0.29) is 0 Å². The van der Waals surface area contributed by atoms with E-state index in [0.717, 1.165) is 11.2 Å². The number of thioether (sulfide) groups is 1. The molecular formula is C12H23NS. The Morgan fingerprint density at radius 3 is 2.43 bits per heavy atom. The van der Waals surface area contributed by atoms with Crippen molar-refractivity contribution >= 4 is 11.8 Å². The summed E-state index contributed by atoms with van der Waals surface area (Å²) in [6.45, 7) is 0. The minimum absolute atomic E-state index is 0.481. The zero-order valence-electron chi connectivity index (χ0n) is 9.08. The average Bonchev–Trinajstić information content (AvgIpc) is 3.00. The Kier molecular flexibility index (Phi) is 4.18. The number of hydrogen-bond donors (Lipinski definition) is 1. The molecule has 0 aromatic rings. The molecule has 0 aromatic heterocycles. The Bertz CT molecular complexity index is 162. The van der Waals surface area contributed by atoms with Crippen LogP contribution in [0.1, 0.15) is 51.4 Å². The molecule has 2 aliphatic carbocycles. The van der Waals surface area contributed by atoms with Gasteiger partial charge in [0.05, 0.1) is 0 Å².